The van der Waals surface area contributed by atoms with Crippen LogP contribution in [0, 0.1) is 0 Å². The van der Waals surface area contributed by atoms with Crippen LogP contribution in [0.4, 0.5) is 0 Å². The summed E-state index contributed by atoms with van der Waals surface area (Å²) in [6.07, 6.45) is 2.20. The lowest BCUT2D eigenvalue weighted by atomic mass is 10.0. The number of hydrogen-bond donors (Lipinski definition) is 1. The number of ether oxygens (including phenoxy) is 2. The highest BCUT2D eigenvalue weighted by Gasteiger charge is 2.22. The van der Waals surface area contributed by atoms with Crippen LogP contribution in [0.1, 0.15) is 18.4 Å². The maximum Gasteiger partial charge on any atom is 0.127 e. The van der Waals surface area contributed by atoms with Gasteiger partial charge in [-0.25, -0.2) is 5.01 Å². The van der Waals surface area contributed by atoms with Gasteiger partial charge in [0.05, 0.1) is 19.8 Å². The molecule has 0 saturated carbocycles. The Hall–Kier alpha value is -1.30. The van der Waals surface area contributed by atoms with Gasteiger partial charge in [-0.1, -0.05) is 6.07 Å². The van der Waals surface area contributed by atoms with Crippen LogP contribution in [0.3, 0.4) is 0 Å². The first-order chi connectivity index (χ1) is 9.65. The summed E-state index contributed by atoms with van der Waals surface area (Å²) < 4.78 is 10.9. The molecule has 1 aliphatic heterocycles. The van der Waals surface area contributed by atoms with Crippen LogP contribution in [0.15, 0.2) is 18.2 Å². The molecule has 0 atom stereocenters. The van der Waals surface area contributed by atoms with E-state index in [4.69, 9.17) is 15.3 Å². The SMILES string of the molecule is COc1cccc(OC)c1CN1CCC(N(C)N)CC1. The molecule has 2 rings (SSSR count). The second-order valence-corrected chi connectivity index (χ2v) is 5.31. The van der Waals surface area contributed by atoms with E-state index in [0.29, 0.717) is 6.04 Å². The Morgan fingerprint density at radius 1 is 1.20 bits per heavy atom. The van der Waals surface area contributed by atoms with Crippen molar-refractivity contribution in [3.8, 4) is 11.5 Å². The summed E-state index contributed by atoms with van der Waals surface area (Å²) in [5.74, 6) is 7.61. The topological polar surface area (TPSA) is 51.0 Å². The number of piperidine rings is 1. The lowest BCUT2D eigenvalue weighted by Crippen LogP contribution is -2.45. The molecule has 5 nitrogen and oxygen atoms in total. The number of hydrazine groups is 1. The van der Waals surface area contributed by atoms with Crippen molar-refractivity contribution in [3.63, 3.8) is 0 Å². The Kier molecular flexibility index (Phi) is 5.23. The van der Waals surface area contributed by atoms with Gasteiger partial charge in [0.1, 0.15) is 11.5 Å². The molecule has 0 spiro atoms. The van der Waals surface area contributed by atoms with E-state index < -0.39 is 0 Å². The third-order valence-electron chi connectivity index (χ3n) is 4.04. The number of nitrogens with zero attached hydrogens (tertiary/aromatic N) is 2. The number of likely N-dealkylation sites (tertiary alicyclic amines) is 1. The zero-order chi connectivity index (χ0) is 14.5. The van der Waals surface area contributed by atoms with Crippen molar-refractivity contribution in [2.45, 2.75) is 25.4 Å². The highest BCUT2D eigenvalue weighted by atomic mass is 16.5. The predicted molar refractivity (Wildman–Crippen MR) is 79.8 cm³/mol. The average molecular weight is 279 g/mol. The molecule has 0 aliphatic carbocycles. The molecule has 1 aromatic rings. The smallest absolute Gasteiger partial charge is 0.127 e. The molecular formula is C15H25N3O2. The fraction of sp³-hybridized carbons (Fsp3) is 0.600. The molecule has 5 heteroatoms. The summed E-state index contributed by atoms with van der Waals surface area (Å²) in [5.41, 5.74) is 1.12. The summed E-state index contributed by atoms with van der Waals surface area (Å²) in [5, 5.41) is 1.83. The molecule has 1 aromatic carbocycles. The van der Waals surface area contributed by atoms with Crippen LogP contribution in [-0.4, -0.2) is 50.3 Å². The lowest BCUT2D eigenvalue weighted by Gasteiger charge is -2.35. The molecule has 20 heavy (non-hydrogen) atoms. The van der Waals surface area contributed by atoms with E-state index in [1.807, 2.05) is 30.3 Å². The highest BCUT2D eigenvalue weighted by Crippen LogP contribution is 2.30. The molecular weight excluding hydrogens is 254 g/mol. The minimum atomic E-state index is 0.491. The van der Waals surface area contributed by atoms with Crippen molar-refractivity contribution in [1.29, 1.82) is 0 Å². The first-order valence-corrected chi connectivity index (χ1v) is 7.05. The van der Waals surface area contributed by atoms with Gasteiger partial charge in [0.25, 0.3) is 0 Å². The standard InChI is InChI=1S/C15H25N3O2/c1-17(16)12-7-9-18(10-8-12)11-13-14(19-2)5-4-6-15(13)20-3/h4-6,12H,7-11,16H2,1-3H3. The van der Waals surface area contributed by atoms with Crippen LogP contribution in [0.5, 0.6) is 11.5 Å². The van der Waals surface area contributed by atoms with Gasteiger partial charge in [-0.3, -0.25) is 10.7 Å². The van der Waals surface area contributed by atoms with Crippen molar-refractivity contribution in [3.05, 3.63) is 23.8 Å². The Bertz CT molecular complexity index is 407. The third-order valence-corrected chi connectivity index (χ3v) is 4.04. The second kappa shape index (κ2) is 6.92. The van der Waals surface area contributed by atoms with E-state index in [9.17, 15) is 0 Å². The molecule has 1 aliphatic rings. The Morgan fingerprint density at radius 3 is 2.20 bits per heavy atom. The number of nitrogens with two attached hydrogens (primary N) is 1. The van der Waals surface area contributed by atoms with Gasteiger partial charge in [-0.2, -0.15) is 0 Å². The first kappa shape index (κ1) is 15.1. The minimum Gasteiger partial charge on any atom is -0.496 e. The van der Waals surface area contributed by atoms with Crippen LogP contribution in [-0.2, 0) is 6.54 Å². The van der Waals surface area contributed by atoms with Crippen molar-refractivity contribution >= 4 is 0 Å². The minimum absolute atomic E-state index is 0.491. The van der Waals surface area contributed by atoms with E-state index in [-0.39, 0.29) is 0 Å². The maximum absolute atomic E-state index is 5.83. The molecule has 2 N–H and O–H groups in total. The monoisotopic (exact) mass is 279 g/mol. The van der Waals surface area contributed by atoms with Gasteiger partial charge < -0.3 is 9.47 Å². The van der Waals surface area contributed by atoms with Crippen molar-refractivity contribution in [2.24, 2.45) is 5.84 Å². The second-order valence-electron chi connectivity index (χ2n) is 5.31. The quantitative estimate of drug-likeness (QED) is 0.653. The van der Waals surface area contributed by atoms with Crippen molar-refractivity contribution in [1.82, 2.24) is 9.91 Å². The Balaban J connectivity index is 2.04. The van der Waals surface area contributed by atoms with Gasteiger partial charge in [-0.15, -0.1) is 0 Å². The van der Waals surface area contributed by atoms with E-state index in [0.717, 1.165) is 49.5 Å². The first-order valence-electron chi connectivity index (χ1n) is 7.05. The van der Waals surface area contributed by atoms with Gasteiger partial charge in [0, 0.05) is 32.7 Å². The molecule has 112 valence electrons. The summed E-state index contributed by atoms with van der Waals surface area (Å²) in [6.45, 7) is 2.95. The summed E-state index contributed by atoms with van der Waals surface area (Å²) in [7, 11) is 5.35. The van der Waals surface area contributed by atoms with E-state index in [1.165, 1.54) is 0 Å². The fourth-order valence-electron chi connectivity index (χ4n) is 2.79. The Labute approximate surface area is 121 Å². The van der Waals surface area contributed by atoms with E-state index in [2.05, 4.69) is 4.90 Å². The van der Waals surface area contributed by atoms with Gasteiger partial charge >= 0.3 is 0 Å². The average Bonchev–Trinajstić information content (AvgIpc) is 2.48. The molecule has 1 saturated heterocycles. The zero-order valence-electron chi connectivity index (χ0n) is 12.6. The predicted octanol–water partition coefficient (Wildman–Crippen LogP) is 1.47. The maximum atomic E-state index is 5.83. The Morgan fingerprint density at radius 2 is 1.75 bits per heavy atom. The lowest BCUT2D eigenvalue weighted by molar-refractivity contribution is 0.123. The van der Waals surface area contributed by atoms with Gasteiger partial charge in [0.2, 0.25) is 0 Å². The summed E-state index contributed by atoms with van der Waals surface area (Å²) in [6, 6.07) is 6.42. The van der Waals surface area contributed by atoms with Gasteiger partial charge in [-0.05, 0) is 25.0 Å². The van der Waals surface area contributed by atoms with Gasteiger partial charge in [0.15, 0.2) is 0 Å². The fourth-order valence-corrected chi connectivity index (χ4v) is 2.79. The summed E-state index contributed by atoms with van der Waals surface area (Å²) >= 11 is 0. The third kappa shape index (κ3) is 3.42. The van der Waals surface area contributed by atoms with Crippen LogP contribution in [0.25, 0.3) is 0 Å². The normalized spacial score (nSPS) is 17.4. The van der Waals surface area contributed by atoms with Crippen molar-refractivity contribution in [2.75, 3.05) is 34.4 Å². The molecule has 1 heterocycles. The molecule has 1 fully saturated rings. The number of methoxy groups -OCH3 is 2. The van der Waals surface area contributed by atoms with Crippen LogP contribution >= 0.6 is 0 Å². The number of benzene rings is 1. The van der Waals surface area contributed by atoms with Crippen LogP contribution < -0.4 is 15.3 Å². The molecule has 0 bridgehead atoms. The largest absolute Gasteiger partial charge is 0.496 e. The zero-order valence-corrected chi connectivity index (χ0v) is 12.6. The number of rotatable bonds is 5. The van der Waals surface area contributed by atoms with E-state index in [1.54, 1.807) is 14.2 Å². The van der Waals surface area contributed by atoms with Crippen LogP contribution in [0.2, 0.25) is 0 Å². The summed E-state index contributed by atoms with van der Waals surface area (Å²) in [4.78, 5) is 2.43. The molecule has 0 aromatic heterocycles. The van der Waals surface area contributed by atoms with E-state index >= 15 is 0 Å². The van der Waals surface area contributed by atoms with Crippen molar-refractivity contribution < 1.29 is 9.47 Å². The molecule has 0 radical (unpaired) electrons. The highest BCUT2D eigenvalue weighted by molar-refractivity contribution is 5.44. The molecule has 0 amide bonds. The number of hydrogen-bond acceptors (Lipinski definition) is 5. The molecule has 0 unspecified atom stereocenters.